The highest BCUT2D eigenvalue weighted by Gasteiger charge is 2.26. The Morgan fingerprint density at radius 2 is 1.84 bits per heavy atom. The van der Waals surface area contributed by atoms with E-state index >= 15 is 0 Å². The van der Waals surface area contributed by atoms with Crippen LogP contribution in [0.15, 0.2) is 24.8 Å². The zero-order valence-electron chi connectivity index (χ0n) is 19.1. The summed E-state index contributed by atoms with van der Waals surface area (Å²) >= 11 is 0. The van der Waals surface area contributed by atoms with Crippen molar-refractivity contribution in [2.75, 3.05) is 19.8 Å². The highest BCUT2D eigenvalue weighted by Crippen LogP contribution is 2.40. The summed E-state index contributed by atoms with van der Waals surface area (Å²) in [5.74, 6) is -1.67. The van der Waals surface area contributed by atoms with E-state index in [2.05, 4.69) is 6.58 Å². The van der Waals surface area contributed by atoms with Crippen LogP contribution in [0.2, 0.25) is 0 Å². The second-order valence-electron chi connectivity index (χ2n) is 9.21. The number of halogens is 2. The normalized spacial score (nSPS) is 19.1. The maximum Gasteiger partial charge on any atom is 0.332 e. The molecule has 0 radical (unpaired) electrons. The van der Waals surface area contributed by atoms with E-state index in [0.717, 1.165) is 38.5 Å². The third-order valence-electron chi connectivity index (χ3n) is 5.51. The van der Waals surface area contributed by atoms with Crippen molar-refractivity contribution in [3.05, 3.63) is 42.0 Å². The lowest BCUT2D eigenvalue weighted by Crippen LogP contribution is -2.27. The van der Waals surface area contributed by atoms with Crippen molar-refractivity contribution in [2.24, 2.45) is 5.92 Å². The first-order chi connectivity index (χ1) is 14.7. The molecule has 1 aliphatic rings. The zero-order chi connectivity index (χ0) is 22.9. The van der Waals surface area contributed by atoms with Crippen LogP contribution < -0.4 is 4.74 Å². The van der Waals surface area contributed by atoms with Gasteiger partial charge in [-0.3, -0.25) is 0 Å². The molecule has 0 aromatic heterocycles. The molecule has 6 heteroatoms. The van der Waals surface area contributed by atoms with E-state index in [1.807, 2.05) is 6.08 Å². The molecular formula is C25H36F2O4. The molecule has 1 aliphatic carbocycles. The third-order valence-corrected chi connectivity index (χ3v) is 5.51. The van der Waals surface area contributed by atoms with E-state index in [-0.39, 0.29) is 31.5 Å². The molecule has 0 bridgehead atoms. The Balaban J connectivity index is 1.78. The Hall–Kier alpha value is -1.95. The van der Waals surface area contributed by atoms with E-state index in [0.29, 0.717) is 11.5 Å². The molecule has 31 heavy (non-hydrogen) atoms. The minimum atomic E-state index is -0.960. The molecular weight excluding hydrogens is 402 g/mol. The van der Waals surface area contributed by atoms with Gasteiger partial charge in [0.25, 0.3) is 0 Å². The number of unbranched alkanes of at least 4 members (excludes halogenated alkanes) is 1. The molecule has 0 amide bonds. The monoisotopic (exact) mass is 438 g/mol. The quantitative estimate of drug-likeness (QED) is 0.230. The number of carbonyl (C=O) groups is 1. The first-order valence-corrected chi connectivity index (χ1v) is 11.2. The van der Waals surface area contributed by atoms with Gasteiger partial charge in [-0.1, -0.05) is 18.6 Å². The molecule has 1 aromatic rings. The summed E-state index contributed by atoms with van der Waals surface area (Å²) in [6.45, 7) is 8.92. The highest BCUT2D eigenvalue weighted by atomic mass is 19.2. The lowest BCUT2D eigenvalue weighted by atomic mass is 9.77. The van der Waals surface area contributed by atoms with Gasteiger partial charge in [-0.25, -0.2) is 9.18 Å². The SMILES string of the molecule is C=CCCC[C@H]1CC[C@H](c2ccc(OCCOCC(=O)OC(C)(C)C)c(F)c2F)CC1. The molecule has 0 aliphatic heterocycles. The van der Waals surface area contributed by atoms with Gasteiger partial charge in [-0.15, -0.1) is 6.58 Å². The fourth-order valence-corrected chi connectivity index (χ4v) is 4.02. The number of benzene rings is 1. The Morgan fingerprint density at radius 1 is 1.13 bits per heavy atom. The van der Waals surface area contributed by atoms with Crippen LogP contribution in [-0.2, 0) is 14.3 Å². The van der Waals surface area contributed by atoms with E-state index in [4.69, 9.17) is 14.2 Å². The smallest absolute Gasteiger partial charge is 0.332 e. The third kappa shape index (κ3) is 8.60. The number of esters is 1. The summed E-state index contributed by atoms with van der Waals surface area (Å²) in [7, 11) is 0. The molecule has 1 fully saturated rings. The van der Waals surface area contributed by atoms with Gasteiger partial charge in [0.1, 0.15) is 18.8 Å². The number of ether oxygens (including phenoxy) is 3. The van der Waals surface area contributed by atoms with E-state index < -0.39 is 23.2 Å². The van der Waals surface area contributed by atoms with Crippen LogP contribution >= 0.6 is 0 Å². The molecule has 0 heterocycles. The molecule has 2 rings (SSSR count). The summed E-state index contributed by atoms with van der Waals surface area (Å²) < 4.78 is 44.8. The summed E-state index contributed by atoms with van der Waals surface area (Å²) in [6.07, 6.45) is 9.18. The minimum Gasteiger partial charge on any atom is -0.488 e. The average molecular weight is 439 g/mol. The van der Waals surface area contributed by atoms with Gasteiger partial charge in [0, 0.05) is 0 Å². The van der Waals surface area contributed by atoms with Crippen LogP contribution in [0.1, 0.15) is 77.2 Å². The maximum atomic E-state index is 14.7. The van der Waals surface area contributed by atoms with Gasteiger partial charge in [0.15, 0.2) is 11.6 Å². The first kappa shape index (κ1) is 25.3. The molecule has 0 unspecified atom stereocenters. The van der Waals surface area contributed by atoms with Gasteiger partial charge in [-0.05, 0) is 82.8 Å². The summed E-state index contributed by atoms with van der Waals surface area (Å²) in [6, 6.07) is 3.12. The lowest BCUT2D eigenvalue weighted by molar-refractivity contribution is -0.160. The van der Waals surface area contributed by atoms with Gasteiger partial charge in [0.2, 0.25) is 5.82 Å². The predicted octanol–water partition coefficient (Wildman–Crippen LogP) is 6.33. The van der Waals surface area contributed by atoms with Crippen molar-refractivity contribution < 1.29 is 27.8 Å². The van der Waals surface area contributed by atoms with Crippen LogP contribution in [-0.4, -0.2) is 31.4 Å². The molecule has 0 N–H and O–H groups in total. The molecule has 4 nitrogen and oxygen atoms in total. The predicted molar refractivity (Wildman–Crippen MR) is 117 cm³/mol. The van der Waals surface area contributed by atoms with E-state index in [1.165, 1.54) is 12.5 Å². The highest BCUT2D eigenvalue weighted by molar-refractivity contribution is 5.71. The topological polar surface area (TPSA) is 44.8 Å². The van der Waals surface area contributed by atoms with Gasteiger partial charge >= 0.3 is 5.97 Å². The van der Waals surface area contributed by atoms with Crippen molar-refractivity contribution in [3.63, 3.8) is 0 Å². The van der Waals surface area contributed by atoms with Crippen molar-refractivity contribution in [1.82, 2.24) is 0 Å². The van der Waals surface area contributed by atoms with Gasteiger partial charge < -0.3 is 14.2 Å². The maximum absolute atomic E-state index is 14.7. The number of hydrogen-bond acceptors (Lipinski definition) is 4. The number of allylic oxidation sites excluding steroid dienone is 1. The molecule has 1 aromatic carbocycles. The molecule has 0 atom stereocenters. The zero-order valence-corrected chi connectivity index (χ0v) is 19.1. The summed E-state index contributed by atoms with van der Waals surface area (Å²) in [5, 5.41) is 0. The van der Waals surface area contributed by atoms with E-state index in [1.54, 1.807) is 26.8 Å². The second kappa shape index (κ2) is 12.2. The van der Waals surface area contributed by atoms with Crippen LogP contribution in [0.5, 0.6) is 5.75 Å². The molecule has 0 spiro atoms. The van der Waals surface area contributed by atoms with Crippen molar-refractivity contribution >= 4 is 5.97 Å². The van der Waals surface area contributed by atoms with Crippen molar-refractivity contribution in [1.29, 1.82) is 0 Å². The van der Waals surface area contributed by atoms with Crippen LogP contribution in [0.4, 0.5) is 8.78 Å². The van der Waals surface area contributed by atoms with Crippen LogP contribution in [0, 0.1) is 17.6 Å². The first-order valence-electron chi connectivity index (χ1n) is 11.2. The van der Waals surface area contributed by atoms with E-state index in [9.17, 15) is 13.6 Å². The fraction of sp³-hybridized carbons (Fsp3) is 0.640. The lowest BCUT2D eigenvalue weighted by Gasteiger charge is -2.29. The molecule has 174 valence electrons. The van der Waals surface area contributed by atoms with Crippen LogP contribution in [0.3, 0.4) is 0 Å². The summed E-state index contributed by atoms with van der Waals surface area (Å²) in [5.41, 5.74) is -0.139. The van der Waals surface area contributed by atoms with Gasteiger partial charge in [-0.2, -0.15) is 4.39 Å². The van der Waals surface area contributed by atoms with Crippen molar-refractivity contribution in [2.45, 2.75) is 77.2 Å². The Labute approximate surface area is 185 Å². The Kier molecular flexibility index (Phi) is 9.94. The Morgan fingerprint density at radius 3 is 2.48 bits per heavy atom. The summed E-state index contributed by atoms with van der Waals surface area (Å²) in [4.78, 5) is 11.6. The molecule has 0 saturated heterocycles. The largest absolute Gasteiger partial charge is 0.488 e. The fourth-order valence-electron chi connectivity index (χ4n) is 4.02. The number of carbonyl (C=O) groups excluding carboxylic acids is 1. The standard InChI is InChI=1S/C25H36F2O4/c1-5-6-7-8-18-9-11-19(12-10-18)20-13-14-21(24(27)23(20)26)30-16-15-29-17-22(28)31-25(2,3)4/h5,13-14,18-19H,1,6-12,15-17H2,2-4H3/t18-,19-. The second-order valence-corrected chi connectivity index (χ2v) is 9.21. The minimum absolute atomic E-state index is 0.00826. The number of rotatable bonds is 11. The van der Waals surface area contributed by atoms with Crippen molar-refractivity contribution in [3.8, 4) is 5.75 Å². The Bertz CT molecular complexity index is 719. The average Bonchev–Trinajstić information content (AvgIpc) is 2.70. The number of hydrogen-bond donors (Lipinski definition) is 0. The molecule has 1 saturated carbocycles. The van der Waals surface area contributed by atoms with Gasteiger partial charge in [0.05, 0.1) is 6.61 Å². The van der Waals surface area contributed by atoms with Crippen LogP contribution in [0.25, 0.3) is 0 Å².